The lowest BCUT2D eigenvalue weighted by atomic mass is 9.90. The quantitative estimate of drug-likeness (QED) is 0.789. The van der Waals surface area contributed by atoms with E-state index in [0.717, 1.165) is 6.42 Å². The van der Waals surface area contributed by atoms with Gasteiger partial charge in [0.15, 0.2) is 0 Å². The van der Waals surface area contributed by atoms with Crippen LogP contribution >= 0.6 is 0 Å². The molecular formula is C16H27N. The summed E-state index contributed by atoms with van der Waals surface area (Å²) in [4.78, 5) is 0. The Morgan fingerprint density at radius 1 is 1.24 bits per heavy atom. The molecule has 1 aromatic carbocycles. The van der Waals surface area contributed by atoms with Gasteiger partial charge < -0.3 is 5.73 Å². The number of aryl methyl sites for hydroxylation is 2. The van der Waals surface area contributed by atoms with E-state index in [1.165, 1.54) is 36.0 Å². The van der Waals surface area contributed by atoms with Crippen LogP contribution in [0.4, 0.5) is 0 Å². The Hall–Kier alpha value is -0.820. The van der Waals surface area contributed by atoms with E-state index < -0.39 is 0 Å². The van der Waals surface area contributed by atoms with Crippen LogP contribution in [0.3, 0.4) is 0 Å². The number of benzene rings is 1. The summed E-state index contributed by atoms with van der Waals surface area (Å²) in [5, 5.41) is 0. The van der Waals surface area contributed by atoms with Gasteiger partial charge in [0.1, 0.15) is 0 Å². The molecule has 1 heteroatoms. The second kappa shape index (κ2) is 6.80. The molecule has 2 N–H and O–H groups in total. The number of nitrogens with two attached hydrogens (primary N) is 1. The molecule has 0 aliphatic rings. The predicted molar refractivity (Wildman–Crippen MR) is 76.3 cm³/mol. The molecule has 0 aliphatic carbocycles. The summed E-state index contributed by atoms with van der Waals surface area (Å²) in [6, 6.07) is 6.95. The molecule has 1 rings (SSSR count). The minimum absolute atomic E-state index is 0.294. The Morgan fingerprint density at radius 3 is 2.59 bits per heavy atom. The van der Waals surface area contributed by atoms with E-state index in [0.29, 0.717) is 12.0 Å². The lowest BCUT2D eigenvalue weighted by Gasteiger charge is -2.21. The SMILES string of the molecule is CCCCC(C)C(N)Cc1cc(C)ccc1C. The highest BCUT2D eigenvalue weighted by Crippen LogP contribution is 2.18. The Labute approximate surface area is 106 Å². The van der Waals surface area contributed by atoms with Crippen LogP contribution < -0.4 is 5.73 Å². The van der Waals surface area contributed by atoms with Crippen molar-refractivity contribution in [1.29, 1.82) is 0 Å². The van der Waals surface area contributed by atoms with Crippen molar-refractivity contribution in [2.75, 3.05) is 0 Å². The molecule has 1 nitrogen and oxygen atoms in total. The molecule has 0 saturated carbocycles. The van der Waals surface area contributed by atoms with E-state index in [1.54, 1.807) is 0 Å². The summed E-state index contributed by atoms with van der Waals surface area (Å²) in [5.41, 5.74) is 10.4. The van der Waals surface area contributed by atoms with Crippen molar-refractivity contribution < 1.29 is 0 Å². The van der Waals surface area contributed by atoms with Gasteiger partial charge in [-0.05, 0) is 43.7 Å². The van der Waals surface area contributed by atoms with Gasteiger partial charge in [0, 0.05) is 6.04 Å². The third-order valence-corrected chi connectivity index (χ3v) is 3.70. The first-order chi connectivity index (χ1) is 8.04. The van der Waals surface area contributed by atoms with Crippen LogP contribution in [0.2, 0.25) is 0 Å². The molecule has 2 unspecified atom stereocenters. The van der Waals surface area contributed by atoms with Gasteiger partial charge in [-0.3, -0.25) is 0 Å². The first-order valence-corrected chi connectivity index (χ1v) is 6.86. The van der Waals surface area contributed by atoms with Crippen molar-refractivity contribution in [2.24, 2.45) is 11.7 Å². The summed E-state index contributed by atoms with van der Waals surface area (Å²) in [6.07, 6.45) is 4.82. The molecular weight excluding hydrogens is 206 g/mol. The van der Waals surface area contributed by atoms with Crippen LogP contribution in [-0.2, 0) is 6.42 Å². The van der Waals surface area contributed by atoms with Gasteiger partial charge in [-0.2, -0.15) is 0 Å². The van der Waals surface area contributed by atoms with Crippen molar-refractivity contribution in [2.45, 2.75) is 59.4 Å². The maximum Gasteiger partial charge on any atom is 0.0105 e. The zero-order valence-corrected chi connectivity index (χ0v) is 11.8. The number of hydrogen-bond acceptors (Lipinski definition) is 1. The lowest BCUT2D eigenvalue weighted by Crippen LogP contribution is -2.30. The van der Waals surface area contributed by atoms with Crippen molar-refractivity contribution in [3.8, 4) is 0 Å². The number of rotatable bonds is 6. The molecule has 0 heterocycles. The Balaban J connectivity index is 2.60. The molecule has 0 amide bonds. The van der Waals surface area contributed by atoms with Crippen LogP contribution in [0.15, 0.2) is 18.2 Å². The van der Waals surface area contributed by atoms with Crippen LogP contribution in [0, 0.1) is 19.8 Å². The van der Waals surface area contributed by atoms with Gasteiger partial charge in [-0.25, -0.2) is 0 Å². The maximum atomic E-state index is 6.31. The van der Waals surface area contributed by atoms with Gasteiger partial charge in [0.25, 0.3) is 0 Å². The van der Waals surface area contributed by atoms with E-state index in [2.05, 4.69) is 45.9 Å². The molecule has 17 heavy (non-hydrogen) atoms. The lowest BCUT2D eigenvalue weighted by molar-refractivity contribution is 0.410. The Bertz CT molecular complexity index is 343. The third kappa shape index (κ3) is 4.51. The smallest absolute Gasteiger partial charge is 0.0105 e. The largest absolute Gasteiger partial charge is 0.327 e. The van der Waals surface area contributed by atoms with Gasteiger partial charge in [0.05, 0.1) is 0 Å². The molecule has 0 saturated heterocycles. The molecule has 0 fully saturated rings. The molecule has 1 aromatic rings. The third-order valence-electron chi connectivity index (χ3n) is 3.70. The van der Waals surface area contributed by atoms with Gasteiger partial charge in [0.2, 0.25) is 0 Å². The van der Waals surface area contributed by atoms with E-state index >= 15 is 0 Å². The Morgan fingerprint density at radius 2 is 1.94 bits per heavy atom. The van der Waals surface area contributed by atoms with Crippen molar-refractivity contribution in [1.82, 2.24) is 0 Å². The highest BCUT2D eigenvalue weighted by molar-refractivity contribution is 5.31. The summed E-state index contributed by atoms with van der Waals surface area (Å²) >= 11 is 0. The predicted octanol–water partition coefficient (Wildman–Crippen LogP) is 4.00. The zero-order valence-electron chi connectivity index (χ0n) is 11.8. The second-order valence-electron chi connectivity index (χ2n) is 5.42. The monoisotopic (exact) mass is 233 g/mol. The second-order valence-corrected chi connectivity index (χ2v) is 5.42. The van der Waals surface area contributed by atoms with Crippen LogP contribution in [0.5, 0.6) is 0 Å². The maximum absolute atomic E-state index is 6.31. The number of unbranched alkanes of at least 4 members (excludes halogenated alkanes) is 1. The summed E-state index contributed by atoms with van der Waals surface area (Å²) < 4.78 is 0. The van der Waals surface area contributed by atoms with Crippen molar-refractivity contribution in [3.63, 3.8) is 0 Å². The molecule has 0 aliphatic heterocycles. The fourth-order valence-electron chi connectivity index (χ4n) is 2.22. The zero-order chi connectivity index (χ0) is 12.8. The van der Waals surface area contributed by atoms with E-state index in [1.807, 2.05) is 0 Å². The highest BCUT2D eigenvalue weighted by Gasteiger charge is 2.13. The van der Waals surface area contributed by atoms with E-state index in [4.69, 9.17) is 5.73 Å². The Kier molecular flexibility index (Phi) is 5.70. The molecule has 0 spiro atoms. The van der Waals surface area contributed by atoms with Crippen LogP contribution in [-0.4, -0.2) is 6.04 Å². The highest BCUT2D eigenvalue weighted by atomic mass is 14.6. The fraction of sp³-hybridized carbons (Fsp3) is 0.625. The normalized spacial score (nSPS) is 14.6. The van der Waals surface area contributed by atoms with Gasteiger partial charge in [-0.15, -0.1) is 0 Å². The molecule has 96 valence electrons. The number of hydrogen-bond donors (Lipinski definition) is 1. The first-order valence-electron chi connectivity index (χ1n) is 6.86. The van der Waals surface area contributed by atoms with Gasteiger partial charge in [-0.1, -0.05) is 50.5 Å². The molecule has 0 bridgehead atoms. The van der Waals surface area contributed by atoms with E-state index in [9.17, 15) is 0 Å². The van der Waals surface area contributed by atoms with Crippen LogP contribution in [0.25, 0.3) is 0 Å². The van der Waals surface area contributed by atoms with E-state index in [-0.39, 0.29) is 0 Å². The fourth-order valence-corrected chi connectivity index (χ4v) is 2.22. The topological polar surface area (TPSA) is 26.0 Å². The average Bonchev–Trinajstić information content (AvgIpc) is 2.30. The minimum atomic E-state index is 0.294. The molecule has 0 radical (unpaired) electrons. The average molecular weight is 233 g/mol. The minimum Gasteiger partial charge on any atom is -0.327 e. The van der Waals surface area contributed by atoms with Crippen molar-refractivity contribution >= 4 is 0 Å². The van der Waals surface area contributed by atoms with Crippen LogP contribution in [0.1, 0.15) is 49.8 Å². The first kappa shape index (κ1) is 14.2. The summed E-state index contributed by atoms with van der Waals surface area (Å²) in [7, 11) is 0. The molecule has 2 atom stereocenters. The van der Waals surface area contributed by atoms with Gasteiger partial charge >= 0.3 is 0 Å². The standard InChI is InChI=1S/C16H27N/c1-5-6-7-14(4)16(17)11-15-10-12(2)8-9-13(15)3/h8-10,14,16H,5-7,11,17H2,1-4H3. The van der Waals surface area contributed by atoms with Crippen molar-refractivity contribution in [3.05, 3.63) is 34.9 Å². The summed E-state index contributed by atoms with van der Waals surface area (Å²) in [5.74, 6) is 0.620. The summed E-state index contributed by atoms with van der Waals surface area (Å²) in [6.45, 7) is 8.85. The molecule has 0 aromatic heterocycles.